The SMILES string of the molecule is CCOc1cc(/C=C2/C(=O)Nc3cc(Cl)ccc32)ccc1OC. The molecule has 0 unspecified atom stereocenters. The molecule has 4 nitrogen and oxygen atoms in total. The van der Waals surface area contributed by atoms with Crippen molar-refractivity contribution in [2.75, 3.05) is 19.0 Å². The lowest BCUT2D eigenvalue weighted by Crippen LogP contribution is -2.03. The van der Waals surface area contributed by atoms with Crippen LogP contribution in [0.25, 0.3) is 11.6 Å². The lowest BCUT2D eigenvalue weighted by molar-refractivity contribution is -0.110. The van der Waals surface area contributed by atoms with E-state index in [2.05, 4.69) is 5.32 Å². The molecule has 0 saturated carbocycles. The van der Waals surface area contributed by atoms with E-state index in [4.69, 9.17) is 21.1 Å². The number of methoxy groups -OCH3 is 1. The Bertz CT molecular complexity index is 799. The van der Waals surface area contributed by atoms with E-state index in [1.54, 1.807) is 19.2 Å². The molecule has 3 rings (SSSR count). The van der Waals surface area contributed by atoms with Crippen LogP contribution in [0, 0.1) is 0 Å². The Morgan fingerprint density at radius 1 is 1.17 bits per heavy atom. The van der Waals surface area contributed by atoms with Crippen molar-refractivity contribution in [1.82, 2.24) is 0 Å². The number of hydrogen-bond donors (Lipinski definition) is 1. The maximum Gasteiger partial charge on any atom is 0.256 e. The van der Waals surface area contributed by atoms with Crippen LogP contribution in [0.2, 0.25) is 5.02 Å². The Kier molecular flexibility index (Phi) is 4.26. The lowest BCUT2D eigenvalue weighted by Gasteiger charge is -2.10. The summed E-state index contributed by atoms with van der Waals surface area (Å²) >= 11 is 5.97. The van der Waals surface area contributed by atoms with Crippen molar-refractivity contribution >= 4 is 34.8 Å². The van der Waals surface area contributed by atoms with Crippen molar-refractivity contribution in [1.29, 1.82) is 0 Å². The molecular formula is C18H16ClNO3. The molecule has 0 aliphatic carbocycles. The first-order valence-corrected chi connectivity index (χ1v) is 7.64. The maximum absolute atomic E-state index is 12.2. The Hall–Kier alpha value is -2.46. The third-order valence-electron chi connectivity index (χ3n) is 3.56. The molecule has 0 aromatic heterocycles. The first-order valence-electron chi connectivity index (χ1n) is 7.26. The van der Waals surface area contributed by atoms with Gasteiger partial charge < -0.3 is 14.8 Å². The number of rotatable bonds is 4. The summed E-state index contributed by atoms with van der Waals surface area (Å²) in [7, 11) is 1.60. The summed E-state index contributed by atoms with van der Waals surface area (Å²) in [6.45, 7) is 2.45. The molecule has 23 heavy (non-hydrogen) atoms. The monoisotopic (exact) mass is 329 g/mol. The Labute approximate surface area is 139 Å². The first-order chi connectivity index (χ1) is 11.1. The summed E-state index contributed by atoms with van der Waals surface area (Å²) in [5.41, 5.74) is 3.03. The van der Waals surface area contributed by atoms with Crippen LogP contribution in [0.3, 0.4) is 0 Å². The fraction of sp³-hybridized carbons (Fsp3) is 0.167. The zero-order valence-corrected chi connectivity index (χ0v) is 13.6. The standard InChI is InChI=1S/C18H16ClNO3/c1-3-23-17-9-11(4-7-16(17)22-2)8-14-13-6-5-12(19)10-15(13)20-18(14)21/h4-10H,3H2,1-2H3,(H,20,21)/b14-8+. The number of carbonyl (C=O) groups excluding carboxylic acids is 1. The highest BCUT2D eigenvalue weighted by atomic mass is 35.5. The van der Waals surface area contributed by atoms with Crippen LogP contribution in [0.4, 0.5) is 5.69 Å². The van der Waals surface area contributed by atoms with Crippen LogP contribution in [0.1, 0.15) is 18.1 Å². The van der Waals surface area contributed by atoms with Crippen LogP contribution in [-0.2, 0) is 4.79 Å². The zero-order chi connectivity index (χ0) is 16.4. The molecule has 1 aliphatic heterocycles. The van der Waals surface area contributed by atoms with Gasteiger partial charge in [0.25, 0.3) is 5.91 Å². The second kappa shape index (κ2) is 6.34. The van der Waals surface area contributed by atoms with E-state index in [1.165, 1.54) is 0 Å². The molecular weight excluding hydrogens is 314 g/mol. The van der Waals surface area contributed by atoms with Crippen molar-refractivity contribution < 1.29 is 14.3 Å². The van der Waals surface area contributed by atoms with E-state index in [-0.39, 0.29) is 5.91 Å². The van der Waals surface area contributed by atoms with E-state index in [1.807, 2.05) is 37.3 Å². The van der Waals surface area contributed by atoms with E-state index >= 15 is 0 Å². The van der Waals surface area contributed by atoms with Crippen LogP contribution in [0.15, 0.2) is 36.4 Å². The van der Waals surface area contributed by atoms with Crippen LogP contribution >= 0.6 is 11.6 Å². The molecule has 2 aromatic carbocycles. The summed E-state index contributed by atoms with van der Waals surface area (Å²) < 4.78 is 10.8. The van der Waals surface area contributed by atoms with E-state index < -0.39 is 0 Å². The largest absolute Gasteiger partial charge is 0.493 e. The molecule has 1 N–H and O–H groups in total. The molecule has 1 heterocycles. The quantitative estimate of drug-likeness (QED) is 0.853. The molecule has 118 valence electrons. The highest BCUT2D eigenvalue weighted by molar-refractivity contribution is 6.36. The second-order valence-corrected chi connectivity index (χ2v) is 5.48. The van der Waals surface area contributed by atoms with Crippen molar-refractivity contribution in [2.24, 2.45) is 0 Å². The number of halogens is 1. The summed E-state index contributed by atoms with van der Waals surface area (Å²) in [5, 5.41) is 3.41. The van der Waals surface area contributed by atoms with Gasteiger partial charge in [-0.25, -0.2) is 0 Å². The predicted molar refractivity (Wildman–Crippen MR) is 92.1 cm³/mol. The fourth-order valence-corrected chi connectivity index (χ4v) is 2.70. The minimum atomic E-state index is -0.143. The number of anilines is 1. The number of nitrogens with one attached hydrogen (secondary N) is 1. The summed E-state index contributed by atoms with van der Waals surface area (Å²) in [4.78, 5) is 12.2. The van der Waals surface area contributed by atoms with Gasteiger partial charge in [0.15, 0.2) is 11.5 Å². The van der Waals surface area contributed by atoms with E-state index in [9.17, 15) is 4.79 Å². The third-order valence-corrected chi connectivity index (χ3v) is 3.80. The van der Waals surface area contributed by atoms with Gasteiger partial charge in [-0.05, 0) is 42.8 Å². The third kappa shape index (κ3) is 3.03. The number of fused-ring (bicyclic) bond motifs is 1. The van der Waals surface area contributed by atoms with Crippen LogP contribution < -0.4 is 14.8 Å². The van der Waals surface area contributed by atoms with E-state index in [0.717, 1.165) is 16.8 Å². The topological polar surface area (TPSA) is 47.6 Å². The average Bonchev–Trinajstić information content (AvgIpc) is 2.83. The highest BCUT2D eigenvalue weighted by Crippen LogP contribution is 2.36. The Morgan fingerprint density at radius 2 is 2.00 bits per heavy atom. The first kappa shape index (κ1) is 15.4. The molecule has 2 aromatic rings. The average molecular weight is 330 g/mol. The lowest BCUT2D eigenvalue weighted by atomic mass is 10.0. The molecule has 0 atom stereocenters. The summed E-state index contributed by atoms with van der Waals surface area (Å²) in [6.07, 6.45) is 1.83. The van der Waals surface area contributed by atoms with Gasteiger partial charge in [-0.1, -0.05) is 23.7 Å². The fourth-order valence-electron chi connectivity index (χ4n) is 2.53. The van der Waals surface area contributed by atoms with Crippen molar-refractivity contribution in [3.63, 3.8) is 0 Å². The minimum absolute atomic E-state index is 0.143. The Balaban J connectivity index is 2.02. The summed E-state index contributed by atoms with van der Waals surface area (Å²) in [6, 6.07) is 10.9. The van der Waals surface area contributed by atoms with Gasteiger partial charge in [0.05, 0.1) is 19.4 Å². The molecule has 0 spiro atoms. The summed E-state index contributed by atoms with van der Waals surface area (Å²) in [5.74, 6) is 1.17. The number of hydrogen-bond acceptors (Lipinski definition) is 3. The zero-order valence-electron chi connectivity index (χ0n) is 12.9. The molecule has 0 bridgehead atoms. The molecule has 0 fully saturated rings. The second-order valence-electron chi connectivity index (χ2n) is 5.05. The normalized spacial score (nSPS) is 14.6. The number of benzene rings is 2. The van der Waals surface area contributed by atoms with Gasteiger partial charge in [-0.3, -0.25) is 4.79 Å². The Morgan fingerprint density at radius 3 is 2.74 bits per heavy atom. The molecule has 0 saturated heterocycles. The molecule has 1 amide bonds. The van der Waals surface area contributed by atoms with Gasteiger partial charge in [-0.2, -0.15) is 0 Å². The maximum atomic E-state index is 12.2. The predicted octanol–water partition coefficient (Wildman–Crippen LogP) is 4.24. The van der Waals surface area contributed by atoms with Crippen molar-refractivity contribution in [3.8, 4) is 11.5 Å². The van der Waals surface area contributed by atoms with Gasteiger partial charge in [0.2, 0.25) is 0 Å². The van der Waals surface area contributed by atoms with Crippen molar-refractivity contribution in [2.45, 2.75) is 6.92 Å². The van der Waals surface area contributed by atoms with Gasteiger partial charge >= 0.3 is 0 Å². The van der Waals surface area contributed by atoms with Gasteiger partial charge in [0, 0.05) is 16.2 Å². The molecule has 0 radical (unpaired) electrons. The van der Waals surface area contributed by atoms with Gasteiger partial charge in [0.1, 0.15) is 0 Å². The number of ether oxygens (including phenoxy) is 2. The van der Waals surface area contributed by atoms with Crippen LogP contribution in [0.5, 0.6) is 11.5 Å². The number of amides is 1. The number of carbonyl (C=O) groups is 1. The molecule has 5 heteroatoms. The highest BCUT2D eigenvalue weighted by Gasteiger charge is 2.24. The van der Waals surface area contributed by atoms with E-state index in [0.29, 0.717) is 28.7 Å². The molecule has 1 aliphatic rings. The van der Waals surface area contributed by atoms with Gasteiger partial charge in [-0.15, -0.1) is 0 Å². The van der Waals surface area contributed by atoms with Crippen molar-refractivity contribution in [3.05, 3.63) is 52.5 Å². The smallest absolute Gasteiger partial charge is 0.256 e. The van der Waals surface area contributed by atoms with Crippen LogP contribution in [-0.4, -0.2) is 19.6 Å². The minimum Gasteiger partial charge on any atom is -0.493 e.